The molecular weight excluding hydrogens is 302 g/mol. The number of ether oxygens (including phenoxy) is 1. The first-order chi connectivity index (χ1) is 9.11. The minimum atomic E-state index is 0.343. The Bertz CT molecular complexity index is 462. The third-order valence-corrected chi connectivity index (χ3v) is 5.66. The monoisotopic (exact) mass is 323 g/mol. The van der Waals surface area contributed by atoms with Crippen LogP contribution in [-0.2, 0) is 6.42 Å². The first-order valence-corrected chi connectivity index (χ1v) is 8.16. The van der Waals surface area contributed by atoms with Gasteiger partial charge in [-0.05, 0) is 37.4 Å². The van der Waals surface area contributed by atoms with Crippen molar-refractivity contribution in [3.63, 3.8) is 0 Å². The van der Waals surface area contributed by atoms with E-state index in [1.165, 1.54) is 30.6 Å². The van der Waals surface area contributed by atoms with Crippen LogP contribution in [0.4, 0.5) is 0 Å². The average molecular weight is 324 g/mol. The molecule has 3 unspecified atom stereocenters. The molecule has 2 aliphatic heterocycles. The SMILES string of the molecule is Cc1ccc2c(c1)CC(CN1CCC(Br)C(C)C1)O2. The molecule has 2 heterocycles. The van der Waals surface area contributed by atoms with Crippen LogP contribution in [0.5, 0.6) is 5.75 Å². The average Bonchev–Trinajstić information content (AvgIpc) is 2.75. The maximum Gasteiger partial charge on any atom is 0.123 e. The topological polar surface area (TPSA) is 12.5 Å². The zero-order valence-electron chi connectivity index (χ0n) is 11.7. The third kappa shape index (κ3) is 2.97. The number of hydrogen-bond acceptors (Lipinski definition) is 2. The number of rotatable bonds is 2. The fraction of sp³-hybridized carbons (Fsp3) is 0.625. The standard InChI is InChI=1S/C16H22BrNO/c1-11-3-4-16-13(7-11)8-14(19-16)10-18-6-5-15(17)12(2)9-18/h3-4,7,12,14-15H,5-6,8-10H2,1-2H3. The van der Waals surface area contributed by atoms with E-state index in [0.717, 1.165) is 24.6 Å². The number of alkyl halides is 1. The van der Waals surface area contributed by atoms with Crippen LogP contribution < -0.4 is 4.74 Å². The summed E-state index contributed by atoms with van der Waals surface area (Å²) in [4.78, 5) is 3.25. The van der Waals surface area contributed by atoms with Crippen molar-refractivity contribution in [1.29, 1.82) is 0 Å². The van der Waals surface area contributed by atoms with Crippen LogP contribution in [0.1, 0.15) is 24.5 Å². The number of halogens is 1. The summed E-state index contributed by atoms with van der Waals surface area (Å²) in [6.07, 6.45) is 2.66. The molecule has 3 rings (SSSR count). The lowest BCUT2D eigenvalue weighted by Crippen LogP contribution is -2.44. The van der Waals surface area contributed by atoms with Gasteiger partial charge in [0.2, 0.25) is 0 Å². The van der Waals surface area contributed by atoms with E-state index < -0.39 is 0 Å². The number of benzene rings is 1. The molecule has 0 N–H and O–H groups in total. The van der Waals surface area contributed by atoms with E-state index in [4.69, 9.17) is 4.74 Å². The van der Waals surface area contributed by atoms with E-state index in [0.29, 0.717) is 10.9 Å². The number of fused-ring (bicyclic) bond motifs is 1. The number of hydrogen-bond donors (Lipinski definition) is 0. The second-order valence-corrected chi connectivity index (χ2v) is 7.27. The van der Waals surface area contributed by atoms with Gasteiger partial charge in [-0.15, -0.1) is 0 Å². The normalized spacial score (nSPS) is 31.0. The first kappa shape index (κ1) is 13.4. The van der Waals surface area contributed by atoms with Crippen LogP contribution in [0.25, 0.3) is 0 Å². The molecular formula is C16H22BrNO. The Balaban J connectivity index is 1.59. The molecule has 0 aromatic heterocycles. The van der Waals surface area contributed by atoms with Crippen LogP contribution in [0, 0.1) is 12.8 Å². The molecule has 0 aliphatic carbocycles. The highest BCUT2D eigenvalue weighted by Gasteiger charge is 2.29. The molecule has 1 saturated heterocycles. The van der Waals surface area contributed by atoms with Crippen LogP contribution in [0.2, 0.25) is 0 Å². The second-order valence-electron chi connectivity index (χ2n) is 6.10. The molecule has 3 atom stereocenters. The van der Waals surface area contributed by atoms with Crippen LogP contribution in [0.15, 0.2) is 18.2 Å². The second kappa shape index (κ2) is 5.45. The fourth-order valence-electron chi connectivity index (χ4n) is 3.21. The minimum Gasteiger partial charge on any atom is -0.488 e. The van der Waals surface area contributed by atoms with Gasteiger partial charge in [0, 0.05) is 24.3 Å². The molecule has 0 radical (unpaired) electrons. The summed E-state index contributed by atoms with van der Waals surface area (Å²) in [5, 5.41) is 0. The van der Waals surface area contributed by atoms with E-state index in [-0.39, 0.29) is 0 Å². The number of piperidine rings is 1. The highest BCUT2D eigenvalue weighted by Crippen LogP contribution is 2.31. The summed E-state index contributed by atoms with van der Waals surface area (Å²) in [7, 11) is 0. The molecule has 2 nitrogen and oxygen atoms in total. The Morgan fingerprint density at radius 3 is 3.05 bits per heavy atom. The van der Waals surface area contributed by atoms with Gasteiger partial charge < -0.3 is 4.74 Å². The predicted molar refractivity (Wildman–Crippen MR) is 82.2 cm³/mol. The van der Waals surface area contributed by atoms with Crippen molar-refractivity contribution < 1.29 is 4.74 Å². The van der Waals surface area contributed by atoms with Gasteiger partial charge in [-0.2, -0.15) is 0 Å². The quantitative estimate of drug-likeness (QED) is 0.773. The number of likely N-dealkylation sites (tertiary alicyclic amines) is 1. The summed E-state index contributed by atoms with van der Waals surface area (Å²) in [5.41, 5.74) is 2.71. The molecule has 1 aromatic carbocycles. The summed E-state index contributed by atoms with van der Waals surface area (Å²) in [6.45, 7) is 7.92. The van der Waals surface area contributed by atoms with Gasteiger partial charge in [-0.3, -0.25) is 4.90 Å². The van der Waals surface area contributed by atoms with E-state index in [2.05, 4.69) is 52.9 Å². The first-order valence-electron chi connectivity index (χ1n) is 7.24. The van der Waals surface area contributed by atoms with E-state index in [9.17, 15) is 0 Å². The Morgan fingerprint density at radius 2 is 2.26 bits per heavy atom. The van der Waals surface area contributed by atoms with Gasteiger partial charge in [0.15, 0.2) is 0 Å². The molecule has 0 saturated carbocycles. The molecule has 1 aromatic rings. The minimum absolute atomic E-state index is 0.343. The molecule has 2 aliphatic rings. The van der Waals surface area contributed by atoms with E-state index in [1.807, 2.05) is 0 Å². The van der Waals surface area contributed by atoms with E-state index >= 15 is 0 Å². The van der Waals surface area contributed by atoms with E-state index in [1.54, 1.807) is 0 Å². The van der Waals surface area contributed by atoms with Crippen molar-refractivity contribution in [1.82, 2.24) is 4.90 Å². The Hall–Kier alpha value is -0.540. The Labute approximate surface area is 124 Å². The molecule has 1 fully saturated rings. The molecule has 0 spiro atoms. The molecule has 104 valence electrons. The van der Waals surface area contributed by atoms with Crippen molar-refractivity contribution in [2.24, 2.45) is 5.92 Å². The number of nitrogens with zero attached hydrogens (tertiary/aromatic N) is 1. The predicted octanol–water partition coefficient (Wildman–Crippen LogP) is 3.40. The summed E-state index contributed by atoms with van der Waals surface area (Å²) in [5.74, 6) is 1.83. The lowest BCUT2D eigenvalue weighted by molar-refractivity contribution is 0.118. The zero-order chi connectivity index (χ0) is 13.4. The largest absolute Gasteiger partial charge is 0.488 e. The van der Waals surface area contributed by atoms with Gasteiger partial charge in [-0.25, -0.2) is 0 Å². The maximum absolute atomic E-state index is 6.07. The molecule has 0 amide bonds. The van der Waals surface area contributed by atoms with Gasteiger partial charge in [0.1, 0.15) is 11.9 Å². The van der Waals surface area contributed by atoms with Crippen molar-refractivity contribution >= 4 is 15.9 Å². The van der Waals surface area contributed by atoms with Crippen LogP contribution in [0.3, 0.4) is 0 Å². The maximum atomic E-state index is 6.07. The molecule has 3 heteroatoms. The Kier molecular flexibility index (Phi) is 3.86. The zero-order valence-corrected chi connectivity index (χ0v) is 13.3. The van der Waals surface area contributed by atoms with Crippen LogP contribution >= 0.6 is 15.9 Å². The molecule has 19 heavy (non-hydrogen) atoms. The van der Waals surface area contributed by atoms with Crippen LogP contribution in [-0.4, -0.2) is 35.5 Å². The van der Waals surface area contributed by atoms with Gasteiger partial charge in [-0.1, -0.05) is 40.5 Å². The number of aryl methyl sites for hydroxylation is 1. The molecule has 0 bridgehead atoms. The smallest absolute Gasteiger partial charge is 0.123 e. The lowest BCUT2D eigenvalue weighted by Gasteiger charge is -2.35. The van der Waals surface area contributed by atoms with Crippen molar-refractivity contribution in [2.75, 3.05) is 19.6 Å². The van der Waals surface area contributed by atoms with Crippen molar-refractivity contribution in [3.05, 3.63) is 29.3 Å². The highest BCUT2D eigenvalue weighted by molar-refractivity contribution is 9.09. The van der Waals surface area contributed by atoms with Gasteiger partial charge in [0.05, 0.1) is 0 Å². The fourth-order valence-corrected chi connectivity index (χ4v) is 3.58. The Morgan fingerprint density at radius 1 is 1.42 bits per heavy atom. The highest BCUT2D eigenvalue weighted by atomic mass is 79.9. The van der Waals surface area contributed by atoms with Gasteiger partial charge in [0.25, 0.3) is 0 Å². The third-order valence-electron chi connectivity index (χ3n) is 4.30. The summed E-state index contributed by atoms with van der Waals surface area (Å²) in [6, 6.07) is 6.53. The van der Waals surface area contributed by atoms with Crippen molar-refractivity contribution in [2.45, 2.75) is 37.6 Å². The summed E-state index contributed by atoms with van der Waals surface area (Å²) < 4.78 is 6.07. The summed E-state index contributed by atoms with van der Waals surface area (Å²) >= 11 is 3.77. The van der Waals surface area contributed by atoms with Crippen molar-refractivity contribution in [3.8, 4) is 5.75 Å². The lowest BCUT2D eigenvalue weighted by atomic mass is 9.99. The van der Waals surface area contributed by atoms with Gasteiger partial charge >= 0.3 is 0 Å².